The van der Waals surface area contributed by atoms with Crippen LogP contribution in [-0.2, 0) is 4.74 Å². The molecule has 0 saturated heterocycles. The van der Waals surface area contributed by atoms with Crippen molar-refractivity contribution < 1.29 is 18.4 Å². The van der Waals surface area contributed by atoms with E-state index < -0.39 is 5.97 Å². The summed E-state index contributed by atoms with van der Waals surface area (Å²) < 4.78 is 18.8. The van der Waals surface area contributed by atoms with Crippen LogP contribution in [0, 0.1) is 0 Å². The maximum atomic E-state index is 13.4. The van der Waals surface area contributed by atoms with E-state index in [0.717, 1.165) is 15.4 Å². The molecule has 3 heterocycles. The van der Waals surface area contributed by atoms with Crippen molar-refractivity contribution in [3.63, 3.8) is 0 Å². The first-order valence-corrected chi connectivity index (χ1v) is 12.3. The summed E-state index contributed by atoms with van der Waals surface area (Å²) in [6.45, 7) is 0. The molecule has 38 heavy (non-hydrogen) atoms. The van der Waals surface area contributed by atoms with E-state index in [1.807, 2.05) is 30.3 Å². The molecule has 0 bridgehead atoms. The molecule has 0 radical (unpaired) electrons. The predicted octanol–water partition coefficient (Wildman–Crippen LogP) is 6.50. The minimum absolute atomic E-state index is 0.266. The van der Waals surface area contributed by atoms with Crippen LogP contribution < -0.4 is 5.56 Å². The Labute approximate surface area is 223 Å². The number of hydrogen-bond donors (Lipinski definition) is 0. The Hall–Kier alpha value is -4.76. The molecule has 6 aromatic rings. The Kier molecular flexibility index (Phi) is 5.97. The molecular formula is C29H18BrN3O5. The minimum Gasteiger partial charge on any atom is -0.465 e. The van der Waals surface area contributed by atoms with Crippen molar-refractivity contribution >= 4 is 50.0 Å². The van der Waals surface area contributed by atoms with Gasteiger partial charge >= 0.3 is 5.97 Å². The van der Waals surface area contributed by atoms with E-state index in [1.54, 1.807) is 54.6 Å². The number of carbonyl (C=O) groups is 1. The average molecular weight is 568 g/mol. The zero-order valence-electron chi connectivity index (χ0n) is 19.9. The lowest BCUT2D eigenvalue weighted by atomic mass is 10.1. The number of nitrogens with zero attached hydrogens (tertiary/aromatic N) is 3. The van der Waals surface area contributed by atoms with Gasteiger partial charge in [0.2, 0.25) is 5.82 Å². The van der Waals surface area contributed by atoms with Crippen LogP contribution in [0.5, 0.6) is 0 Å². The van der Waals surface area contributed by atoms with E-state index >= 15 is 0 Å². The Morgan fingerprint density at radius 3 is 2.61 bits per heavy atom. The molecular weight excluding hydrogens is 550 g/mol. The van der Waals surface area contributed by atoms with Gasteiger partial charge in [0.1, 0.15) is 17.1 Å². The summed E-state index contributed by atoms with van der Waals surface area (Å²) in [4.78, 5) is 29.8. The first-order valence-electron chi connectivity index (χ1n) is 11.5. The number of methoxy groups -OCH3 is 1. The number of aromatic nitrogens is 2. The molecule has 0 saturated carbocycles. The van der Waals surface area contributed by atoms with Gasteiger partial charge in [0.15, 0.2) is 5.76 Å². The Morgan fingerprint density at radius 2 is 1.79 bits per heavy atom. The lowest BCUT2D eigenvalue weighted by molar-refractivity contribution is 0.0600. The molecule has 0 aliphatic carbocycles. The van der Waals surface area contributed by atoms with Crippen molar-refractivity contribution in [3.05, 3.63) is 111 Å². The van der Waals surface area contributed by atoms with Gasteiger partial charge in [0.25, 0.3) is 5.56 Å². The van der Waals surface area contributed by atoms with Crippen LogP contribution in [0.15, 0.2) is 108 Å². The van der Waals surface area contributed by atoms with Crippen LogP contribution in [-0.4, -0.2) is 29.0 Å². The normalized spacial score (nSPS) is 11.5. The van der Waals surface area contributed by atoms with Gasteiger partial charge in [-0.05, 0) is 60.7 Å². The summed E-state index contributed by atoms with van der Waals surface area (Å²) in [5, 5.41) is 5.73. The molecule has 0 aliphatic heterocycles. The maximum Gasteiger partial charge on any atom is 0.337 e. The fourth-order valence-electron chi connectivity index (χ4n) is 4.10. The fourth-order valence-corrected chi connectivity index (χ4v) is 4.47. The van der Waals surface area contributed by atoms with E-state index in [-0.39, 0.29) is 11.4 Å². The van der Waals surface area contributed by atoms with Crippen molar-refractivity contribution in [3.8, 4) is 22.9 Å². The summed E-state index contributed by atoms with van der Waals surface area (Å²) in [6, 6.07) is 24.9. The fraction of sp³-hybridized carbons (Fsp3) is 0.0345. The first-order chi connectivity index (χ1) is 18.5. The van der Waals surface area contributed by atoms with Crippen molar-refractivity contribution in [2.45, 2.75) is 0 Å². The third-order valence-corrected chi connectivity index (χ3v) is 6.46. The quantitative estimate of drug-likeness (QED) is 0.174. The average Bonchev–Trinajstić information content (AvgIpc) is 3.59. The molecule has 6 rings (SSSR count). The molecule has 0 amide bonds. The molecule has 186 valence electrons. The summed E-state index contributed by atoms with van der Waals surface area (Å²) >= 11 is 3.47. The van der Waals surface area contributed by atoms with Crippen LogP contribution in [0.25, 0.3) is 44.8 Å². The Balaban J connectivity index is 1.40. The number of hydrogen-bond acceptors (Lipinski definition) is 7. The second-order valence-electron chi connectivity index (χ2n) is 8.38. The number of benzene rings is 3. The maximum absolute atomic E-state index is 13.4. The highest BCUT2D eigenvalue weighted by molar-refractivity contribution is 9.10. The number of para-hydroxylation sites is 1. The lowest BCUT2D eigenvalue weighted by Crippen LogP contribution is -2.20. The third-order valence-electron chi connectivity index (χ3n) is 5.97. The van der Waals surface area contributed by atoms with E-state index in [0.29, 0.717) is 39.3 Å². The lowest BCUT2D eigenvalue weighted by Gasteiger charge is -2.06. The van der Waals surface area contributed by atoms with Gasteiger partial charge in [0.05, 0.1) is 29.8 Å². The van der Waals surface area contributed by atoms with Crippen LogP contribution in [0.4, 0.5) is 0 Å². The molecule has 0 spiro atoms. The molecule has 3 aromatic heterocycles. The second-order valence-corrected chi connectivity index (χ2v) is 9.29. The first kappa shape index (κ1) is 23.6. The van der Waals surface area contributed by atoms with Crippen LogP contribution >= 0.6 is 15.9 Å². The summed E-state index contributed by atoms with van der Waals surface area (Å²) in [6.07, 6.45) is 1.45. The molecule has 0 aliphatic rings. The highest BCUT2D eigenvalue weighted by Gasteiger charge is 2.17. The summed E-state index contributed by atoms with van der Waals surface area (Å²) in [7, 11) is 1.34. The third kappa shape index (κ3) is 4.33. The number of halogens is 1. The van der Waals surface area contributed by atoms with E-state index in [9.17, 15) is 9.59 Å². The van der Waals surface area contributed by atoms with Crippen LogP contribution in [0.2, 0.25) is 0 Å². The number of furan rings is 2. The number of fused-ring (bicyclic) bond motifs is 2. The van der Waals surface area contributed by atoms with E-state index in [4.69, 9.17) is 18.6 Å². The zero-order chi connectivity index (χ0) is 26.2. The van der Waals surface area contributed by atoms with Gasteiger partial charge in [-0.2, -0.15) is 9.78 Å². The molecule has 0 N–H and O–H groups in total. The SMILES string of the molecule is COC(=O)c1ccc(-c2ccc(C=Nn3c(-c4cc5cc(Br)ccc5o4)nc4ccccc4c3=O)o2)cc1. The predicted molar refractivity (Wildman–Crippen MR) is 147 cm³/mol. The highest BCUT2D eigenvalue weighted by atomic mass is 79.9. The topological polar surface area (TPSA) is 99.8 Å². The number of esters is 1. The minimum atomic E-state index is -0.411. The van der Waals surface area contributed by atoms with Gasteiger partial charge in [0, 0.05) is 15.4 Å². The molecule has 0 unspecified atom stereocenters. The number of rotatable bonds is 5. The standard InChI is InChI=1S/C29H18BrN3O5/c1-36-29(35)18-8-6-17(7-9-18)24-13-11-21(37-24)16-31-33-27(32-23-5-3-2-4-22(23)28(33)34)26-15-19-14-20(30)10-12-25(19)38-26/h2-16H,1H3. The van der Waals surface area contributed by atoms with Crippen LogP contribution in [0.3, 0.4) is 0 Å². The second kappa shape index (κ2) is 9.60. The Bertz CT molecular complexity index is 1920. The van der Waals surface area contributed by atoms with Crippen LogP contribution in [0.1, 0.15) is 16.1 Å². The monoisotopic (exact) mass is 567 g/mol. The van der Waals surface area contributed by atoms with Crippen molar-refractivity contribution in [2.24, 2.45) is 5.10 Å². The number of carbonyl (C=O) groups excluding carboxylic acids is 1. The highest BCUT2D eigenvalue weighted by Crippen LogP contribution is 2.29. The number of ether oxygens (including phenoxy) is 1. The smallest absolute Gasteiger partial charge is 0.337 e. The van der Waals surface area contributed by atoms with Crippen molar-refractivity contribution in [1.29, 1.82) is 0 Å². The molecule has 8 nitrogen and oxygen atoms in total. The van der Waals surface area contributed by atoms with Crippen molar-refractivity contribution in [1.82, 2.24) is 9.66 Å². The van der Waals surface area contributed by atoms with Crippen molar-refractivity contribution in [2.75, 3.05) is 7.11 Å². The largest absolute Gasteiger partial charge is 0.465 e. The Morgan fingerprint density at radius 1 is 0.974 bits per heavy atom. The van der Waals surface area contributed by atoms with Gasteiger partial charge in [-0.25, -0.2) is 9.78 Å². The molecule has 9 heteroatoms. The zero-order valence-corrected chi connectivity index (χ0v) is 21.5. The van der Waals surface area contributed by atoms with Gasteiger partial charge in [-0.1, -0.05) is 40.2 Å². The van der Waals surface area contributed by atoms with Gasteiger partial charge in [-0.15, -0.1) is 0 Å². The molecule has 0 fully saturated rings. The molecule has 0 atom stereocenters. The van der Waals surface area contributed by atoms with Gasteiger partial charge < -0.3 is 13.6 Å². The molecule has 3 aromatic carbocycles. The van der Waals surface area contributed by atoms with Gasteiger partial charge in [-0.3, -0.25) is 4.79 Å². The van der Waals surface area contributed by atoms with E-state index in [2.05, 4.69) is 21.0 Å². The summed E-state index contributed by atoms with van der Waals surface area (Å²) in [5.74, 6) is 1.27. The van der Waals surface area contributed by atoms with E-state index in [1.165, 1.54) is 18.0 Å². The summed E-state index contributed by atoms with van der Waals surface area (Å²) in [5.41, 5.74) is 2.08.